The highest BCUT2D eigenvalue weighted by Gasteiger charge is 2.27. The van der Waals surface area contributed by atoms with E-state index in [1.54, 1.807) is 32.9 Å². The van der Waals surface area contributed by atoms with Crippen LogP contribution in [0.15, 0.2) is 41.2 Å². The van der Waals surface area contributed by atoms with Gasteiger partial charge in [0.05, 0.1) is 27.9 Å². The largest absolute Gasteiger partial charge is 0.458 e. The summed E-state index contributed by atoms with van der Waals surface area (Å²) in [6.45, 7) is 11.3. The van der Waals surface area contributed by atoms with Crippen molar-refractivity contribution >= 4 is 34.5 Å². The first-order chi connectivity index (χ1) is 19.1. The molecule has 1 unspecified atom stereocenters. The van der Waals surface area contributed by atoms with Crippen LogP contribution in [0, 0.1) is 5.41 Å². The van der Waals surface area contributed by atoms with E-state index in [1.807, 2.05) is 45.0 Å². The molecule has 1 atom stereocenters. The van der Waals surface area contributed by atoms with E-state index < -0.39 is 28.5 Å². The minimum absolute atomic E-state index is 0.0610. The quantitative estimate of drug-likeness (QED) is 0.310. The highest BCUT2D eigenvalue weighted by molar-refractivity contribution is 5.90. The molecule has 1 aromatic heterocycles. The Morgan fingerprint density at radius 1 is 1.02 bits per heavy atom. The number of ether oxygens (including phenoxy) is 3. The van der Waals surface area contributed by atoms with Gasteiger partial charge in [-0.05, 0) is 102 Å². The van der Waals surface area contributed by atoms with Crippen molar-refractivity contribution in [3.8, 4) is 0 Å². The number of carbonyl (C=O) groups excluding carboxylic acids is 3. The molecule has 3 aromatic rings. The fourth-order valence-electron chi connectivity index (χ4n) is 4.51. The van der Waals surface area contributed by atoms with Crippen LogP contribution in [-0.2, 0) is 43.6 Å². The van der Waals surface area contributed by atoms with Gasteiger partial charge in [0.1, 0.15) is 12.2 Å². The van der Waals surface area contributed by atoms with Gasteiger partial charge in [-0.25, -0.2) is 9.78 Å². The molecule has 218 valence electrons. The summed E-state index contributed by atoms with van der Waals surface area (Å²) in [4.78, 5) is 54.5. The van der Waals surface area contributed by atoms with Crippen LogP contribution in [0.5, 0.6) is 0 Å². The number of hydrogen-bond acceptors (Lipinski definition) is 9. The van der Waals surface area contributed by atoms with Crippen LogP contribution in [0.25, 0.3) is 10.9 Å². The van der Waals surface area contributed by atoms with Crippen LogP contribution < -0.4 is 10.9 Å². The molecule has 0 spiro atoms. The average molecular weight is 564 g/mol. The maximum absolute atomic E-state index is 13.6. The predicted octanol–water partition coefficient (Wildman–Crippen LogP) is 5.06. The number of aryl methyl sites for hydroxylation is 1. The van der Waals surface area contributed by atoms with Gasteiger partial charge >= 0.3 is 17.9 Å². The van der Waals surface area contributed by atoms with E-state index in [0.29, 0.717) is 16.5 Å². The number of rotatable bonds is 7. The number of anilines is 1. The van der Waals surface area contributed by atoms with E-state index in [1.165, 1.54) is 11.5 Å². The molecule has 1 aliphatic rings. The number of nitrogens with zero attached hydrogens (tertiary/aromatic N) is 2. The average Bonchev–Trinajstić information content (AvgIpc) is 3.26. The lowest BCUT2D eigenvalue weighted by Gasteiger charge is -2.20. The summed E-state index contributed by atoms with van der Waals surface area (Å²) in [5.41, 5.74) is 2.08. The third-order valence-electron chi connectivity index (χ3n) is 6.57. The Balaban J connectivity index is 1.63. The summed E-state index contributed by atoms with van der Waals surface area (Å²) in [6.07, 6.45) is 1.59. The highest BCUT2D eigenvalue weighted by atomic mass is 16.6. The summed E-state index contributed by atoms with van der Waals surface area (Å²) in [6, 6.07) is 10.8. The standard InChI is InChI=1S/C31H37N3O7/c1-18(35)39-16-26-33-25-14-20-10-13-24(32-21-11-8-19(9-12-21)28(37)41-31(5,6)7)22(20)15-23(25)27(36)34(26)17-40-29(38)30(2,3)4/h8-9,11-12,14-15,24,32H,10,13,16-17H2,1-7H3. The van der Waals surface area contributed by atoms with E-state index in [9.17, 15) is 19.2 Å². The molecule has 1 heterocycles. The van der Waals surface area contributed by atoms with Crippen molar-refractivity contribution in [1.82, 2.24) is 9.55 Å². The van der Waals surface area contributed by atoms with Crippen molar-refractivity contribution < 1.29 is 28.6 Å². The van der Waals surface area contributed by atoms with E-state index in [0.717, 1.165) is 29.7 Å². The molecule has 0 radical (unpaired) electrons. The van der Waals surface area contributed by atoms with Crippen LogP contribution in [0.3, 0.4) is 0 Å². The Kier molecular flexibility index (Phi) is 8.24. The van der Waals surface area contributed by atoms with Crippen molar-refractivity contribution in [2.75, 3.05) is 5.32 Å². The van der Waals surface area contributed by atoms with E-state index >= 15 is 0 Å². The second-order valence-corrected chi connectivity index (χ2v) is 12.2. The summed E-state index contributed by atoms with van der Waals surface area (Å²) < 4.78 is 17.2. The fourth-order valence-corrected chi connectivity index (χ4v) is 4.51. The summed E-state index contributed by atoms with van der Waals surface area (Å²) in [7, 11) is 0. The van der Waals surface area contributed by atoms with Crippen LogP contribution in [0.1, 0.15) is 88.2 Å². The zero-order valence-electron chi connectivity index (χ0n) is 24.6. The lowest BCUT2D eigenvalue weighted by atomic mass is 9.98. The SMILES string of the molecule is CC(=O)OCc1nc2cc3c(cc2c(=O)n1COC(=O)C(C)(C)C)C(Nc1ccc(C(=O)OC(C)(C)C)cc1)CC3. The Morgan fingerprint density at radius 3 is 2.32 bits per heavy atom. The smallest absolute Gasteiger partial charge is 0.338 e. The number of hydrogen-bond donors (Lipinski definition) is 1. The maximum atomic E-state index is 13.6. The van der Waals surface area contributed by atoms with Gasteiger partial charge in [0.15, 0.2) is 12.6 Å². The molecule has 0 fully saturated rings. The molecule has 2 aromatic carbocycles. The highest BCUT2D eigenvalue weighted by Crippen LogP contribution is 2.36. The lowest BCUT2D eigenvalue weighted by molar-refractivity contribution is -0.157. The molecular weight excluding hydrogens is 526 g/mol. The van der Waals surface area contributed by atoms with E-state index in [4.69, 9.17) is 14.2 Å². The zero-order chi connectivity index (χ0) is 30.1. The number of esters is 3. The Hall–Kier alpha value is -4.21. The topological polar surface area (TPSA) is 126 Å². The van der Waals surface area contributed by atoms with Crippen molar-refractivity contribution in [1.29, 1.82) is 0 Å². The van der Waals surface area contributed by atoms with Gasteiger partial charge in [-0.1, -0.05) is 0 Å². The van der Waals surface area contributed by atoms with Gasteiger partial charge in [0.2, 0.25) is 0 Å². The second-order valence-electron chi connectivity index (χ2n) is 12.2. The number of fused-ring (bicyclic) bond motifs is 2. The zero-order valence-corrected chi connectivity index (χ0v) is 24.6. The van der Waals surface area contributed by atoms with E-state index in [2.05, 4.69) is 10.3 Å². The summed E-state index contributed by atoms with van der Waals surface area (Å²) in [5.74, 6) is -1.18. The van der Waals surface area contributed by atoms with Crippen LogP contribution in [-0.4, -0.2) is 33.1 Å². The second kappa shape index (κ2) is 11.3. The molecule has 1 N–H and O–H groups in total. The molecule has 0 bridgehead atoms. The van der Waals surface area contributed by atoms with Gasteiger partial charge in [0, 0.05) is 12.6 Å². The van der Waals surface area contributed by atoms with Crippen LogP contribution in [0.4, 0.5) is 5.69 Å². The molecule has 41 heavy (non-hydrogen) atoms. The van der Waals surface area contributed by atoms with Gasteiger partial charge in [0.25, 0.3) is 5.56 Å². The first kappa shape index (κ1) is 29.8. The molecule has 4 rings (SSSR count). The molecule has 0 aliphatic heterocycles. The van der Waals surface area contributed by atoms with Crippen molar-refractivity contribution in [3.05, 3.63) is 69.3 Å². The first-order valence-corrected chi connectivity index (χ1v) is 13.6. The van der Waals surface area contributed by atoms with Crippen molar-refractivity contribution in [2.24, 2.45) is 5.41 Å². The Labute approximate surface area is 239 Å². The molecular formula is C31H37N3O7. The lowest BCUT2D eigenvalue weighted by Crippen LogP contribution is -2.31. The molecule has 0 saturated heterocycles. The van der Waals surface area contributed by atoms with Crippen molar-refractivity contribution in [2.45, 2.75) is 86.3 Å². The first-order valence-electron chi connectivity index (χ1n) is 13.6. The minimum Gasteiger partial charge on any atom is -0.458 e. The number of aromatic nitrogens is 2. The van der Waals surface area contributed by atoms with Gasteiger partial charge in [-0.2, -0.15) is 0 Å². The number of benzene rings is 2. The van der Waals surface area contributed by atoms with E-state index in [-0.39, 0.29) is 31.2 Å². The molecule has 10 heteroatoms. The molecule has 0 saturated carbocycles. The summed E-state index contributed by atoms with van der Waals surface area (Å²) in [5, 5.41) is 3.87. The third-order valence-corrected chi connectivity index (χ3v) is 6.57. The number of carbonyl (C=O) groups is 3. The normalized spacial score (nSPS) is 14.9. The summed E-state index contributed by atoms with van der Waals surface area (Å²) >= 11 is 0. The molecule has 10 nitrogen and oxygen atoms in total. The van der Waals surface area contributed by atoms with Crippen molar-refractivity contribution in [3.63, 3.8) is 0 Å². The monoisotopic (exact) mass is 563 g/mol. The van der Waals surface area contributed by atoms with Crippen LogP contribution >= 0.6 is 0 Å². The Morgan fingerprint density at radius 2 is 1.71 bits per heavy atom. The van der Waals surface area contributed by atoms with Crippen LogP contribution in [0.2, 0.25) is 0 Å². The van der Waals surface area contributed by atoms with Gasteiger partial charge in [-0.15, -0.1) is 0 Å². The third kappa shape index (κ3) is 7.11. The maximum Gasteiger partial charge on any atom is 0.338 e. The van der Waals surface area contributed by atoms with Gasteiger partial charge < -0.3 is 19.5 Å². The number of nitrogens with one attached hydrogen (secondary N) is 1. The van der Waals surface area contributed by atoms with Gasteiger partial charge in [-0.3, -0.25) is 19.0 Å². The molecule has 0 amide bonds. The fraction of sp³-hybridized carbons (Fsp3) is 0.452. The minimum atomic E-state index is -0.755. The molecule has 1 aliphatic carbocycles. The predicted molar refractivity (Wildman–Crippen MR) is 153 cm³/mol. The Bertz CT molecular complexity index is 1540.